The van der Waals surface area contributed by atoms with E-state index < -0.39 is 0 Å². The average molecular weight is 425 g/mol. The van der Waals surface area contributed by atoms with E-state index in [0.29, 0.717) is 11.5 Å². The number of aromatic nitrogens is 4. The molecule has 1 amide bonds. The van der Waals surface area contributed by atoms with E-state index in [1.54, 1.807) is 28.4 Å². The lowest BCUT2D eigenvalue weighted by Gasteiger charge is -2.34. The number of thiophene rings is 1. The first-order chi connectivity index (χ1) is 14.6. The van der Waals surface area contributed by atoms with Crippen LogP contribution in [0.5, 0.6) is 0 Å². The van der Waals surface area contributed by atoms with Crippen molar-refractivity contribution in [1.82, 2.24) is 29.5 Å². The number of carbonyl (C=O) groups excluding carboxylic acids is 1. The van der Waals surface area contributed by atoms with Crippen LogP contribution in [-0.2, 0) is 0 Å². The Morgan fingerprint density at radius 2 is 2.00 bits per heavy atom. The van der Waals surface area contributed by atoms with Gasteiger partial charge in [-0.05, 0) is 36.4 Å². The molecule has 1 fully saturated rings. The third-order valence-corrected chi connectivity index (χ3v) is 6.28. The zero-order valence-corrected chi connectivity index (χ0v) is 18.6. The number of nitrogens with zero attached hydrogens (tertiary/aromatic N) is 6. The van der Waals surface area contributed by atoms with E-state index in [1.807, 2.05) is 28.5 Å². The van der Waals surface area contributed by atoms with Crippen molar-refractivity contribution >= 4 is 17.2 Å². The maximum absolute atomic E-state index is 13.3. The molecule has 8 heteroatoms. The molecule has 0 bridgehead atoms. The minimum Gasteiger partial charge on any atom is -0.336 e. The van der Waals surface area contributed by atoms with Crippen LogP contribution < -0.4 is 0 Å². The van der Waals surface area contributed by atoms with Crippen LogP contribution in [0.4, 0.5) is 0 Å². The number of rotatable bonds is 6. The lowest BCUT2D eigenvalue weighted by atomic mass is 10.0. The van der Waals surface area contributed by atoms with Gasteiger partial charge in [0.05, 0.1) is 28.0 Å². The van der Waals surface area contributed by atoms with Crippen molar-refractivity contribution in [2.75, 3.05) is 32.7 Å². The fourth-order valence-corrected chi connectivity index (χ4v) is 4.61. The zero-order valence-electron chi connectivity index (χ0n) is 17.8. The van der Waals surface area contributed by atoms with E-state index in [0.717, 1.165) is 55.4 Å². The Morgan fingerprint density at radius 1 is 1.20 bits per heavy atom. The molecule has 30 heavy (non-hydrogen) atoms. The largest absolute Gasteiger partial charge is 0.336 e. The predicted molar refractivity (Wildman–Crippen MR) is 119 cm³/mol. The summed E-state index contributed by atoms with van der Waals surface area (Å²) in [5, 5.41) is 6.56. The number of hydrogen-bond donors (Lipinski definition) is 0. The van der Waals surface area contributed by atoms with Crippen LogP contribution in [0.2, 0.25) is 0 Å². The van der Waals surface area contributed by atoms with Gasteiger partial charge in [0.2, 0.25) is 0 Å². The van der Waals surface area contributed by atoms with E-state index in [9.17, 15) is 4.79 Å². The highest BCUT2D eigenvalue weighted by atomic mass is 32.1. The van der Waals surface area contributed by atoms with Crippen LogP contribution in [-0.4, -0.2) is 68.2 Å². The van der Waals surface area contributed by atoms with E-state index in [2.05, 4.69) is 35.8 Å². The molecule has 0 spiro atoms. The van der Waals surface area contributed by atoms with Gasteiger partial charge in [-0.2, -0.15) is 5.10 Å². The van der Waals surface area contributed by atoms with Gasteiger partial charge in [-0.25, -0.2) is 14.6 Å². The first-order valence-electron chi connectivity index (χ1n) is 10.5. The van der Waals surface area contributed by atoms with Crippen molar-refractivity contribution in [3.05, 3.63) is 47.2 Å². The van der Waals surface area contributed by atoms with Crippen molar-refractivity contribution in [1.29, 1.82) is 0 Å². The molecular formula is C22H28N6OS. The Hall–Kier alpha value is -2.58. The SMILES string of the molecule is CCCN1CCN(C(=O)c2cnn(-c3nccc(-c4cccs4)n3)c2C(C)C)CC1. The number of piperazine rings is 1. The molecule has 0 atom stereocenters. The van der Waals surface area contributed by atoms with E-state index in [-0.39, 0.29) is 11.8 Å². The second-order valence-corrected chi connectivity index (χ2v) is 8.81. The number of amides is 1. The van der Waals surface area contributed by atoms with Crippen LogP contribution in [0, 0.1) is 0 Å². The summed E-state index contributed by atoms with van der Waals surface area (Å²) < 4.78 is 1.72. The first kappa shape index (κ1) is 20.7. The molecule has 0 unspecified atom stereocenters. The molecule has 7 nitrogen and oxygen atoms in total. The van der Waals surface area contributed by atoms with Gasteiger partial charge in [0.1, 0.15) is 0 Å². The topological polar surface area (TPSA) is 67.2 Å². The van der Waals surface area contributed by atoms with Crippen molar-refractivity contribution in [2.45, 2.75) is 33.1 Å². The molecule has 4 rings (SSSR count). The molecule has 0 aliphatic carbocycles. The van der Waals surface area contributed by atoms with Crippen LogP contribution >= 0.6 is 11.3 Å². The second-order valence-electron chi connectivity index (χ2n) is 7.86. The number of hydrogen-bond acceptors (Lipinski definition) is 6. The van der Waals surface area contributed by atoms with Crippen LogP contribution in [0.25, 0.3) is 16.5 Å². The molecule has 0 aromatic carbocycles. The molecule has 0 N–H and O–H groups in total. The quantitative estimate of drug-likeness (QED) is 0.604. The van der Waals surface area contributed by atoms with E-state index in [4.69, 9.17) is 4.98 Å². The minimum atomic E-state index is 0.0514. The average Bonchev–Trinajstić information content (AvgIpc) is 3.44. The maximum atomic E-state index is 13.3. The number of carbonyl (C=O) groups is 1. The lowest BCUT2D eigenvalue weighted by Crippen LogP contribution is -2.48. The third kappa shape index (κ3) is 4.15. The molecule has 3 aromatic rings. The summed E-state index contributed by atoms with van der Waals surface area (Å²) in [6.07, 6.45) is 4.57. The van der Waals surface area contributed by atoms with Gasteiger partial charge in [0.15, 0.2) is 0 Å². The van der Waals surface area contributed by atoms with E-state index in [1.165, 1.54) is 0 Å². The van der Waals surface area contributed by atoms with Crippen LogP contribution in [0.1, 0.15) is 49.2 Å². The Morgan fingerprint density at radius 3 is 2.67 bits per heavy atom. The highest BCUT2D eigenvalue weighted by Gasteiger charge is 2.28. The highest BCUT2D eigenvalue weighted by molar-refractivity contribution is 7.13. The molecule has 0 saturated carbocycles. The zero-order chi connectivity index (χ0) is 21.1. The summed E-state index contributed by atoms with van der Waals surface area (Å²) in [4.78, 5) is 27.9. The Bertz CT molecular complexity index is 989. The summed E-state index contributed by atoms with van der Waals surface area (Å²) in [5.41, 5.74) is 2.37. The van der Waals surface area contributed by atoms with Crippen molar-refractivity contribution in [3.63, 3.8) is 0 Å². The smallest absolute Gasteiger partial charge is 0.257 e. The maximum Gasteiger partial charge on any atom is 0.257 e. The minimum absolute atomic E-state index is 0.0514. The van der Waals surface area contributed by atoms with Gasteiger partial charge in [0.25, 0.3) is 11.9 Å². The van der Waals surface area contributed by atoms with E-state index >= 15 is 0 Å². The summed E-state index contributed by atoms with van der Waals surface area (Å²) >= 11 is 1.64. The highest BCUT2D eigenvalue weighted by Crippen LogP contribution is 2.26. The van der Waals surface area contributed by atoms with Gasteiger partial charge < -0.3 is 4.90 Å². The third-order valence-electron chi connectivity index (χ3n) is 5.39. The molecule has 158 valence electrons. The van der Waals surface area contributed by atoms with Crippen LogP contribution in [0.3, 0.4) is 0 Å². The van der Waals surface area contributed by atoms with Crippen molar-refractivity contribution < 1.29 is 4.79 Å². The van der Waals surface area contributed by atoms with Gasteiger partial charge in [0, 0.05) is 32.4 Å². The molecule has 4 heterocycles. The summed E-state index contributed by atoms with van der Waals surface area (Å²) in [7, 11) is 0. The predicted octanol–water partition coefficient (Wildman–Crippen LogP) is 3.68. The summed E-state index contributed by atoms with van der Waals surface area (Å²) in [6, 6.07) is 5.94. The van der Waals surface area contributed by atoms with Crippen LogP contribution in [0.15, 0.2) is 36.0 Å². The Labute approximate surface area is 181 Å². The van der Waals surface area contributed by atoms with Crippen molar-refractivity contribution in [3.8, 4) is 16.5 Å². The fourth-order valence-electron chi connectivity index (χ4n) is 3.91. The Balaban J connectivity index is 1.62. The summed E-state index contributed by atoms with van der Waals surface area (Å²) in [5.74, 6) is 0.661. The fraction of sp³-hybridized carbons (Fsp3) is 0.455. The first-order valence-corrected chi connectivity index (χ1v) is 11.4. The monoisotopic (exact) mass is 424 g/mol. The van der Waals surface area contributed by atoms with Gasteiger partial charge >= 0.3 is 0 Å². The summed E-state index contributed by atoms with van der Waals surface area (Å²) in [6.45, 7) is 10.8. The Kier molecular flexibility index (Phi) is 6.24. The van der Waals surface area contributed by atoms with Crippen molar-refractivity contribution in [2.24, 2.45) is 0 Å². The molecular weight excluding hydrogens is 396 g/mol. The molecule has 3 aromatic heterocycles. The molecule has 1 aliphatic heterocycles. The second kappa shape index (κ2) is 9.06. The standard InChI is InChI=1S/C22H28N6OS/c1-4-9-26-10-12-27(13-11-26)21(29)17-15-24-28(20(17)16(2)3)22-23-8-7-18(25-22)19-6-5-14-30-19/h5-8,14-16H,4,9-13H2,1-3H3. The molecule has 0 radical (unpaired) electrons. The molecule has 1 aliphatic rings. The normalized spacial score (nSPS) is 15.1. The lowest BCUT2D eigenvalue weighted by molar-refractivity contribution is 0.0636. The van der Waals surface area contributed by atoms with Gasteiger partial charge in [-0.1, -0.05) is 26.8 Å². The molecule has 1 saturated heterocycles. The van der Waals surface area contributed by atoms with Gasteiger partial charge in [-0.15, -0.1) is 11.3 Å². The van der Waals surface area contributed by atoms with Gasteiger partial charge in [-0.3, -0.25) is 9.69 Å².